The normalized spacial score (nSPS) is 13.6. The van der Waals surface area contributed by atoms with Gasteiger partial charge in [0, 0.05) is 12.8 Å². The van der Waals surface area contributed by atoms with Crippen molar-refractivity contribution < 1.29 is 42.1 Å². The summed E-state index contributed by atoms with van der Waals surface area (Å²) >= 11 is 0. The minimum Gasteiger partial charge on any atom is -0.462 e. The summed E-state index contributed by atoms with van der Waals surface area (Å²) in [6.45, 7) is 4.44. The molecule has 0 saturated heterocycles. The van der Waals surface area contributed by atoms with Gasteiger partial charge in [0.25, 0.3) is 0 Å². The maximum Gasteiger partial charge on any atom is 0.472 e. The van der Waals surface area contributed by atoms with E-state index in [4.69, 9.17) is 18.5 Å². The minimum atomic E-state index is -4.37. The second-order valence-electron chi connectivity index (χ2n) is 17.1. The maximum atomic E-state index is 12.7. The van der Waals surface area contributed by atoms with Crippen molar-refractivity contribution in [2.24, 2.45) is 0 Å². The third-order valence-electron chi connectivity index (χ3n) is 10.3. The van der Waals surface area contributed by atoms with Crippen LogP contribution >= 0.6 is 7.82 Å². The van der Waals surface area contributed by atoms with Crippen LogP contribution in [-0.4, -0.2) is 74.9 Å². The molecule has 0 aromatic heterocycles. The Balaban J connectivity index is 4.20. The van der Waals surface area contributed by atoms with E-state index in [2.05, 4.69) is 26.0 Å². The first kappa shape index (κ1) is 54.8. The van der Waals surface area contributed by atoms with E-state index < -0.39 is 26.5 Å². The molecule has 0 radical (unpaired) electrons. The van der Waals surface area contributed by atoms with Crippen molar-refractivity contribution >= 4 is 19.8 Å². The number of quaternary nitrogens is 1. The monoisotopic (exact) mass is 817 g/mol. The predicted octanol–water partition coefficient (Wildman–Crippen LogP) is 13.4. The van der Waals surface area contributed by atoms with Crippen LogP contribution in [0.2, 0.25) is 0 Å². The second-order valence-corrected chi connectivity index (χ2v) is 18.6. The number of carbonyl (C=O) groups is 2. The van der Waals surface area contributed by atoms with Gasteiger partial charge in [0.1, 0.15) is 19.8 Å². The number of hydrogen-bond donors (Lipinski definition) is 1. The number of allylic oxidation sites excluding steroid dienone is 2. The first-order chi connectivity index (χ1) is 27.0. The molecule has 0 aromatic carbocycles. The highest BCUT2D eigenvalue weighted by atomic mass is 31.2. The van der Waals surface area contributed by atoms with Gasteiger partial charge >= 0.3 is 19.8 Å². The van der Waals surface area contributed by atoms with Gasteiger partial charge in [0.2, 0.25) is 0 Å². The number of unbranched alkanes of at least 4 members (excludes halogenated alkanes) is 27. The van der Waals surface area contributed by atoms with Gasteiger partial charge in [-0.2, -0.15) is 0 Å². The third-order valence-corrected chi connectivity index (χ3v) is 11.3. The van der Waals surface area contributed by atoms with Gasteiger partial charge < -0.3 is 18.9 Å². The van der Waals surface area contributed by atoms with Crippen LogP contribution in [0.3, 0.4) is 0 Å². The Kier molecular flexibility index (Phi) is 38.3. The summed E-state index contributed by atoms with van der Waals surface area (Å²) in [4.78, 5) is 35.3. The maximum absolute atomic E-state index is 12.7. The summed E-state index contributed by atoms with van der Waals surface area (Å²) in [7, 11) is 1.49. The van der Waals surface area contributed by atoms with Crippen molar-refractivity contribution in [3.63, 3.8) is 0 Å². The van der Waals surface area contributed by atoms with Crippen LogP contribution in [0.5, 0.6) is 0 Å². The molecule has 9 nitrogen and oxygen atoms in total. The van der Waals surface area contributed by atoms with Crippen LogP contribution in [0, 0.1) is 0 Å². The van der Waals surface area contributed by atoms with Gasteiger partial charge in [-0.05, 0) is 38.5 Å². The average Bonchev–Trinajstić information content (AvgIpc) is 3.15. The first-order valence-electron chi connectivity index (χ1n) is 23.4. The zero-order chi connectivity index (χ0) is 41.4. The Morgan fingerprint density at radius 3 is 1.32 bits per heavy atom. The van der Waals surface area contributed by atoms with E-state index in [1.165, 1.54) is 154 Å². The molecule has 1 N–H and O–H groups in total. The number of phosphoric ester groups is 1. The molecule has 0 aliphatic rings. The van der Waals surface area contributed by atoms with E-state index in [1.54, 1.807) is 0 Å². The summed E-state index contributed by atoms with van der Waals surface area (Å²) in [5.41, 5.74) is 0. The second kappa shape index (κ2) is 39.2. The molecule has 0 spiro atoms. The highest BCUT2D eigenvalue weighted by molar-refractivity contribution is 7.47. The molecule has 0 aliphatic carbocycles. The molecule has 0 saturated carbocycles. The molecule has 0 bridgehead atoms. The highest BCUT2D eigenvalue weighted by Gasteiger charge is 2.27. The molecule has 332 valence electrons. The molecular weight excluding hydrogens is 725 g/mol. The van der Waals surface area contributed by atoms with Crippen molar-refractivity contribution in [2.45, 2.75) is 225 Å². The number of hydrogen-bond acceptors (Lipinski definition) is 7. The highest BCUT2D eigenvalue weighted by Crippen LogP contribution is 2.43. The minimum absolute atomic E-state index is 0.0350. The largest absolute Gasteiger partial charge is 0.472 e. The predicted molar refractivity (Wildman–Crippen MR) is 234 cm³/mol. The van der Waals surface area contributed by atoms with Crippen molar-refractivity contribution in [3.05, 3.63) is 12.2 Å². The molecule has 10 heteroatoms. The SMILES string of the molecule is CCCCCCCC/C=C\CCCCCCCCCCCCCC(=O)OC[C@H](COP(=O)(O)OCC[N+](C)(C)C)OC(=O)CCCCCCCCCCCCC. The lowest BCUT2D eigenvalue weighted by atomic mass is 10.0. The van der Waals surface area contributed by atoms with Crippen molar-refractivity contribution in [1.82, 2.24) is 0 Å². The van der Waals surface area contributed by atoms with E-state index in [9.17, 15) is 19.0 Å². The summed E-state index contributed by atoms with van der Waals surface area (Å²) < 4.78 is 34.3. The van der Waals surface area contributed by atoms with Crippen LogP contribution in [0.25, 0.3) is 0 Å². The quantitative estimate of drug-likeness (QED) is 0.0213. The fourth-order valence-electron chi connectivity index (χ4n) is 6.60. The van der Waals surface area contributed by atoms with Gasteiger partial charge in [-0.25, -0.2) is 4.57 Å². The van der Waals surface area contributed by atoms with Gasteiger partial charge in [-0.1, -0.05) is 180 Å². The molecular formula is C46H91NO8P+. The Hall–Kier alpha value is -1.25. The van der Waals surface area contributed by atoms with Crippen molar-refractivity contribution in [3.8, 4) is 0 Å². The molecule has 0 fully saturated rings. The fourth-order valence-corrected chi connectivity index (χ4v) is 7.34. The van der Waals surface area contributed by atoms with Gasteiger partial charge in [0.15, 0.2) is 6.10 Å². The Morgan fingerprint density at radius 2 is 0.911 bits per heavy atom. The van der Waals surface area contributed by atoms with Gasteiger partial charge in [-0.15, -0.1) is 0 Å². The van der Waals surface area contributed by atoms with Crippen molar-refractivity contribution in [1.29, 1.82) is 0 Å². The Labute approximate surface area is 346 Å². The number of esters is 2. The standard InChI is InChI=1S/C46H90NO8P/c1-6-8-10-12-14-16-18-19-20-21-22-23-24-25-26-27-29-30-32-34-36-38-45(48)52-42-44(43-54-56(50,51)53-41-40-47(3,4)5)55-46(49)39-37-35-33-31-28-17-15-13-11-9-7-2/h19-20,44H,6-18,21-43H2,1-5H3/p+1/b20-19-/t44-/m1/s1. The Morgan fingerprint density at radius 1 is 0.536 bits per heavy atom. The number of likely N-dealkylation sites (N-methyl/N-ethyl adjacent to an activating group) is 1. The molecule has 0 aromatic rings. The smallest absolute Gasteiger partial charge is 0.462 e. The van der Waals surface area contributed by atoms with Gasteiger partial charge in [0.05, 0.1) is 27.7 Å². The van der Waals surface area contributed by atoms with E-state index in [0.717, 1.165) is 32.1 Å². The zero-order valence-electron chi connectivity index (χ0n) is 37.4. The number of ether oxygens (including phenoxy) is 2. The number of nitrogens with zero attached hydrogens (tertiary/aromatic N) is 1. The lowest BCUT2D eigenvalue weighted by Crippen LogP contribution is -2.37. The van der Waals surface area contributed by atoms with E-state index in [0.29, 0.717) is 23.9 Å². The van der Waals surface area contributed by atoms with E-state index in [1.807, 2.05) is 21.1 Å². The molecule has 0 rings (SSSR count). The molecule has 1 unspecified atom stereocenters. The number of rotatable bonds is 43. The number of carbonyl (C=O) groups excluding carboxylic acids is 2. The average molecular weight is 817 g/mol. The first-order valence-corrected chi connectivity index (χ1v) is 24.9. The Bertz CT molecular complexity index is 969. The molecule has 2 atom stereocenters. The summed E-state index contributed by atoms with van der Waals surface area (Å²) in [6.07, 6.45) is 41.2. The third kappa shape index (κ3) is 42.4. The molecule has 0 heterocycles. The summed E-state index contributed by atoms with van der Waals surface area (Å²) in [5.74, 6) is -0.790. The van der Waals surface area contributed by atoms with Crippen LogP contribution in [0.4, 0.5) is 0 Å². The number of phosphoric acid groups is 1. The lowest BCUT2D eigenvalue weighted by molar-refractivity contribution is -0.870. The van der Waals surface area contributed by atoms with Gasteiger partial charge in [-0.3, -0.25) is 18.6 Å². The fraction of sp³-hybridized carbons (Fsp3) is 0.913. The van der Waals surface area contributed by atoms with Crippen molar-refractivity contribution in [2.75, 3.05) is 47.5 Å². The van der Waals surface area contributed by atoms with Crippen LogP contribution in [0.1, 0.15) is 219 Å². The summed E-state index contributed by atoms with van der Waals surface area (Å²) in [6, 6.07) is 0. The molecule has 0 aliphatic heterocycles. The lowest BCUT2D eigenvalue weighted by Gasteiger charge is -2.24. The van der Waals surface area contributed by atoms with E-state index >= 15 is 0 Å². The van der Waals surface area contributed by atoms with E-state index in [-0.39, 0.29) is 25.6 Å². The molecule has 0 amide bonds. The zero-order valence-corrected chi connectivity index (χ0v) is 38.3. The summed E-state index contributed by atoms with van der Waals surface area (Å²) in [5, 5.41) is 0. The topological polar surface area (TPSA) is 108 Å². The molecule has 56 heavy (non-hydrogen) atoms. The van der Waals surface area contributed by atoms with Crippen LogP contribution in [0.15, 0.2) is 12.2 Å². The van der Waals surface area contributed by atoms with Crippen LogP contribution < -0.4 is 0 Å². The van der Waals surface area contributed by atoms with Crippen LogP contribution in [-0.2, 0) is 32.7 Å².